The van der Waals surface area contributed by atoms with Crippen LogP contribution in [-0.2, 0) is 14.3 Å². The lowest BCUT2D eigenvalue weighted by atomic mass is 10.1. The van der Waals surface area contributed by atoms with Gasteiger partial charge in [-0.15, -0.1) is 0 Å². The van der Waals surface area contributed by atoms with Gasteiger partial charge in [-0.25, -0.2) is 4.79 Å². The van der Waals surface area contributed by atoms with Crippen molar-refractivity contribution in [2.75, 3.05) is 5.32 Å². The second-order valence-electron chi connectivity index (χ2n) is 5.44. The SMILES string of the molecule is Cc1cccc(/C=C/C(=O)O[C@H](C)C(=O)Nc2cc(Cl)ccc2Cl)c1. The second-order valence-corrected chi connectivity index (χ2v) is 6.28. The van der Waals surface area contributed by atoms with E-state index in [4.69, 9.17) is 27.9 Å². The highest BCUT2D eigenvalue weighted by atomic mass is 35.5. The molecular weight excluding hydrogens is 361 g/mol. The van der Waals surface area contributed by atoms with Gasteiger partial charge in [0.05, 0.1) is 10.7 Å². The molecule has 2 aromatic carbocycles. The van der Waals surface area contributed by atoms with Gasteiger partial charge in [0.25, 0.3) is 5.91 Å². The Labute approximate surface area is 156 Å². The molecule has 130 valence electrons. The highest BCUT2D eigenvalue weighted by Gasteiger charge is 2.17. The fourth-order valence-corrected chi connectivity index (χ4v) is 2.37. The van der Waals surface area contributed by atoms with Gasteiger partial charge in [0.1, 0.15) is 0 Å². The molecule has 0 saturated heterocycles. The number of benzene rings is 2. The summed E-state index contributed by atoms with van der Waals surface area (Å²) in [7, 11) is 0. The first kappa shape index (κ1) is 19.0. The van der Waals surface area contributed by atoms with Gasteiger partial charge < -0.3 is 10.1 Å². The van der Waals surface area contributed by atoms with Crippen molar-refractivity contribution in [1.82, 2.24) is 0 Å². The molecule has 2 rings (SSSR count). The van der Waals surface area contributed by atoms with Crippen molar-refractivity contribution in [1.29, 1.82) is 0 Å². The normalized spacial score (nSPS) is 12.0. The predicted octanol–water partition coefficient (Wildman–Crippen LogP) is 4.89. The Morgan fingerprint density at radius 2 is 1.92 bits per heavy atom. The first-order valence-electron chi connectivity index (χ1n) is 7.56. The Bertz CT molecular complexity index is 818. The van der Waals surface area contributed by atoms with Crippen molar-refractivity contribution in [3.05, 3.63) is 69.7 Å². The van der Waals surface area contributed by atoms with Gasteiger partial charge in [-0.05, 0) is 43.7 Å². The van der Waals surface area contributed by atoms with Gasteiger partial charge >= 0.3 is 5.97 Å². The van der Waals surface area contributed by atoms with E-state index in [1.807, 2.05) is 31.2 Å². The van der Waals surface area contributed by atoms with Crippen molar-refractivity contribution in [2.45, 2.75) is 20.0 Å². The van der Waals surface area contributed by atoms with Crippen LogP contribution in [0.3, 0.4) is 0 Å². The van der Waals surface area contributed by atoms with Gasteiger partial charge in [-0.3, -0.25) is 4.79 Å². The molecule has 0 fully saturated rings. The predicted molar refractivity (Wildman–Crippen MR) is 101 cm³/mol. The number of carbonyl (C=O) groups excluding carboxylic acids is 2. The lowest BCUT2D eigenvalue weighted by Gasteiger charge is -2.13. The summed E-state index contributed by atoms with van der Waals surface area (Å²) in [5.41, 5.74) is 2.32. The maximum absolute atomic E-state index is 12.1. The number of rotatable bonds is 5. The molecule has 0 spiro atoms. The number of nitrogens with one attached hydrogen (secondary N) is 1. The largest absolute Gasteiger partial charge is 0.449 e. The Morgan fingerprint density at radius 3 is 2.64 bits per heavy atom. The van der Waals surface area contributed by atoms with Crippen LogP contribution in [0.4, 0.5) is 5.69 Å². The molecule has 0 saturated carbocycles. The summed E-state index contributed by atoms with van der Waals surface area (Å²) in [5, 5.41) is 3.36. The van der Waals surface area contributed by atoms with Crippen LogP contribution in [0.1, 0.15) is 18.1 Å². The number of amides is 1. The number of ether oxygens (including phenoxy) is 1. The molecule has 1 atom stereocenters. The number of anilines is 1. The Balaban J connectivity index is 1.94. The van der Waals surface area contributed by atoms with E-state index in [2.05, 4.69) is 5.32 Å². The van der Waals surface area contributed by atoms with Gasteiger partial charge in [-0.1, -0.05) is 53.0 Å². The van der Waals surface area contributed by atoms with E-state index < -0.39 is 18.0 Å². The highest BCUT2D eigenvalue weighted by Crippen LogP contribution is 2.25. The highest BCUT2D eigenvalue weighted by molar-refractivity contribution is 6.35. The molecule has 0 aliphatic carbocycles. The zero-order valence-corrected chi connectivity index (χ0v) is 15.3. The minimum absolute atomic E-state index is 0.343. The molecule has 1 amide bonds. The number of hydrogen-bond donors (Lipinski definition) is 1. The first-order valence-corrected chi connectivity index (χ1v) is 8.32. The van der Waals surface area contributed by atoms with Crippen LogP contribution < -0.4 is 5.32 Å². The Morgan fingerprint density at radius 1 is 1.16 bits per heavy atom. The van der Waals surface area contributed by atoms with Gasteiger partial charge in [0.15, 0.2) is 6.10 Å². The maximum Gasteiger partial charge on any atom is 0.331 e. The molecule has 0 radical (unpaired) electrons. The molecule has 4 nitrogen and oxygen atoms in total. The molecule has 0 heterocycles. The maximum atomic E-state index is 12.1. The summed E-state index contributed by atoms with van der Waals surface area (Å²) < 4.78 is 5.09. The smallest absolute Gasteiger partial charge is 0.331 e. The quantitative estimate of drug-likeness (QED) is 0.596. The molecule has 2 aromatic rings. The van der Waals surface area contributed by atoms with E-state index in [0.717, 1.165) is 11.1 Å². The summed E-state index contributed by atoms with van der Waals surface area (Å²) in [6.07, 6.45) is 1.93. The van der Waals surface area contributed by atoms with Crippen LogP contribution in [0.25, 0.3) is 6.08 Å². The molecule has 0 unspecified atom stereocenters. The molecule has 0 aromatic heterocycles. The van der Waals surface area contributed by atoms with Crippen molar-refractivity contribution in [3.8, 4) is 0 Å². The van der Waals surface area contributed by atoms with Crippen molar-refractivity contribution >= 4 is 46.8 Å². The summed E-state index contributed by atoms with van der Waals surface area (Å²) in [5.74, 6) is -1.11. The molecular formula is C19H17Cl2NO3. The van der Waals surface area contributed by atoms with Gasteiger partial charge in [0.2, 0.25) is 0 Å². The summed E-state index contributed by atoms with van der Waals surface area (Å²) in [4.78, 5) is 24.0. The number of hydrogen-bond acceptors (Lipinski definition) is 3. The van der Waals surface area contributed by atoms with E-state index in [1.165, 1.54) is 19.1 Å². The second kappa shape index (κ2) is 8.70. The minimum Gasteiger partial charge on any atom is -0.449 e. The van der Waals surface area contributed by atoms with E-state index in [1.54, 1.807) is 18.2 Å². The Kier molecular flexibility index (Phi) is 6.62. The van der Waals surface area contributed by atoms with Crippen molar-refractivity contribution in [2.24, 2.45) is 0 Å². The fraction of sp³-hybridized carbons (Fsp3) is 0.158. The third kappa shape index (κ3) is 5.93. The van der Waals surface area contributed by atoms with Crippen LogP contribution in [0.5, 0.6) is 0 Å². The standard InChI is InChI=1S/C19H17Cl2NO3/c1-12-4-3-5-14(10-12)6-9-18(23)25-13(2)19(24)22-17-11-15(20)7-8-16(17)21/h3-11,13H,1-2H3,(H,22,24)/b9-6+/t13-/m1/s1. The third-order valence-corrected chi connectivity index (χ3v) is 3.87. The van der Waals surface area contributed by atoms with Crippen LogP contribution in [0.2, 0.25) is 10.0 Å². The van der Waals surface area contributed by atoms with Crippen LogP contribution in [0, 0.1) is 6.92 Å². The number of halogens is 2. The molecule has 0 bridgehead atoms. The van der Waals surface area contributed by atoms with E-state index in [9.17, 15) is 9.59 Å². The average Bonchev–Trinajstić information content (AvgIpc) is 2.56. The zero-order chi connectivity index (χ0) is 18.4. The number of aryl methyl sites for hydroxylation is 1. The lowest BCUT2D eigenvalue weighted by Crippen LogP contribution is -2.29. The molecule has 1 N–H and O–H groups in total. The van der Waals surface area contributed by atoms with E-state index in [0.29, 0.717) is 15.7 Å². The minimum atomic E-state index is -0.982. The molecule has 25 heavy (non-hydrogen) atoms. The van der Waals surface area contributed by atoms with E-state index >= 15 is 0 Å². The monoisotopic (exact) mass is 377 g/mol. The molecule has 0 aliphatic heterocycles. The van der Waals surface area contributed by atoms with Crippen LogP contribution >= 0.6 is 23.2 Å². The third-order valence-electron chi connectivity index (χ3n) is 3.30. The van der Waals surface area contributed by atoms with Gasteiger partial charge in [-0.2, -0.15) is 0 Å². The summed E-state index contributed by atoms with van der Waals surface area (Å²) in [6.45, 7) is 3.44. The number of carbonyl (C=O) groups is 2. The topological polar surface area (TPSA) is 55.4 Å². The van der Waals surface area contributed by atoms with Crippen LogP contribution in [-0.4, -0.2) is 18.0 Å². The van der Waals surface area contributed by atoms with Crippen LogP contribution in [0.15, 0.2) is 48.5 Å². The zero-order valence-electron chi connectivity index (χ0n) is 13.8. The van der Waals surface area contributed by atoms with Crippen molar-refractivity contribution < 1.29 is 14.3 Å². The fourth-order valence-electron chi connectivity index (χ4n) is 2.03. The number of esters is 1. The van der Waals surface area contributed by atoms with Crippen molar-refractivity contribution in [3.63, 3.8) is 0 Å². The molecule has 0 aliphatic rings. The average molecular weight is 378 g/mol. The Hall–Kier alpha value is -2.30. The first-order chi connectivity index (χ1) is 11.8. The van der Waals surface area contributed by atoms with E-state index in [-0.39, 0.29) is 0 Å². The summed E-state index contributed by atoms with van der Waals surface area (Å²) >= 11 is 11.9. The lowest BCUT2D eigenvalue weighted by molar-refractivity contribution is -0.148. The van der Waals surface area contributed by atoms with Gasteiger partial charge in [0, 0.05) is 11.1 Å². The summed E-state index contributed by atoms with van der Waals surface area (Å²) in [6, 6.07) is 12.4. The molecule has 6 heteroatoms.